The molecule has 1 aliphatic carbocycles. The number of carboxylic acids is 1. The fraction of sp³-hybridized carbons (Fsp3) is 0.353. The van der Waals surface area contributed by atoms with Crippen molar-refractivity contribution in [3.63, 3.8) is 0 Å². The second kappa shape index (κ2) is 9.70. The van der Waals surface area contributed by atoms with Gasteiger partial charge < -0.3 is 21.5 Å². The van der Waals surface area contributed by atoms with Crippen molar-refractivity contribution in [1.82, 2.24) is 9.97 Å². The van der Waals surface area contributed by atoms with E-state index in [0.29, 0.717) is 34.4 Å². The van der Waals surface area contributed by atoms with E-state index in [1.165, 1.54) is 12.1 Å². The van der Waals surface area contributed by atoms with Crippen molar-refractivity contribution in [3.8, 4) is 0 Å². The monoisotopic (exact) mass is 435 g/mol. The lowest BCUT2D eigenvalue weighted by atomic mass is 9.80. The highest BCUT2D eigenvalue weighted by molar-refractivity contribution is 6.32. The molecule has 0 amide bonds. The summed E-state index contributed by atoms with van der Waals surface area (Å²) in [5.41, 5.74) is 6.32. The number of halogens is 5. The van der Waals surface area contributed by atoms with Gasteiger partial charge in [0.2, 0.25) is 5.95 Å². The molecule has 12 heteroatoms. The maximum atomic E-state index is 12.9. The van der Waals surface area contributed by atoms with Gasteiger partial charge in [-0.05, 0) is 49.6 Å². The molecule has 7 nitrogen and oxygen atoms in total. The van der Waals surface area contributed by atoms with Gasteiger partial charge in [-0.2, -0.15) is 18.2 Å². The van der Waals surface area contributed by atoms with Crippen LogP contribution in [0.1, 0.15) is 12.8 Å². The molecule has 1 aromatic carbocycles. The lowest BCUT2D eigenvalue weighted by Crippen LogP contribution is -2.39. The Labute approximate surface area is 168 Å². The van der Waals surface area contributed by atoms with E-state index in [1.54, 1.807) is 18.3 Å². The molecule has 0 saturated heterocycles. The molecule has 3 rings (SSSR count). The Morgan fingerprint density at radius 2 is 1.86 bits per heavy atom. The molecule has 1 aliphatic rings. The number of nitrogens with two attached hydrogens (primary N) is 1. The van der Waals surface area contributed by atoms with Crippen LogP contribution in [0.3, 0.4) is 0 Å². The van der Waals surface area contributed by atoms with E-state index in [1.807, 2.05) is 0 Å². The van der Waals surface area contributed by atoms with Gasteiger partial charge in [0, 0.05) is 11.7 Å². The molecule has 0 aliphatic heterocycles. The summed E-state index contributed by atoms with van der Waals surface area (Å²) < 4.78 is 44.7. The fourth-order valence-corrected chi connectivity index (χ4v) is 2.56. The number of aliphatic carboxylic acids is 1. The minimum absolute atomic E-state index is 0.291. The number of carbonyl (C=O) groups is 1. The molecular weight excluding hydrogens is 418 g/mol. The fourth-order valence-electron chi connectivity index (χ4n) is 2.42. The van der Waals surface area contributed by atoms with Crippen LogP contribution in [0, 0.1) is 11.7 Å². The summed E-state index contributed by atoms with van der Waals surface area (Å²) >= 11 is 6.10. The lowest BCUT2D eigenvalue weighted by molar-refractivity contribution is -0.192. The highest BCUT2D eigenvalue weighted by Gasteiger charge is 2.38. The maximum absolute atomic E-state index is 12.9. The van der Waals surface area contributed by atoms with Gasteiger partial charge in [-0.25, -0.2) is 14.2 Å². The molecule has 0 unspecified atom stereocenters. The Balaban J connectivity index is 0.000000370. The molecule has 2 aromatic rings. The molecule has 158 valence electrons. The van der Waals surface area contributed by atoms with Gasteiger partial charge in [0.1, 0.15) is 10.8 Å². The Hall–Kier alpha value is -2.66. The third-order valence-electron chi connectivity index (χ3n) is 4.00. The Morgan fingerprint density at radius 3 is 2.38 bits per heavy atom. The minimum Gasteiger partial charge on any atom is -0.475 e. The van der Waals surface area contributed by atoms with Crippen molar-refractivity contribution in [1.29, 1.82) is 0 Å². The van der Waals surface area contributed by atoms with Crippen molar-refractivity contribution < 1.29 is 27.5 Å². The van der Waals surface area contributed by atoms with E-state index in [0.717, 1.165) is 19.4 Å². The topological polar surface area (TPSA) is 113 Å². The number of hydrogen-bond donors (Lipinski definition) is 4. The van der Waals surface area contributed by atoms with Gasteiger partial charge in [0.25, 0.3) is 0 Å². The number of alkyl halides is 3. The van der Waals surface area contributed by atoms with Crippen molar-refractivity contribution in [2.45, 2.75) is 25.1 Å². The number of carboxylic acid groups (broad SMARTS) is 1. The third-order valence-corrected chi connectivity index (χ3v) is 4.27. The molecular formula is C17H18ClF4N5O2. The number of aromatic nitrogens is 2. The zero-order valence-electron chi connectivity index (χ0n) is 14.9. The zero-order valence-corrected chi connectivity index (χ0v) is 15.6. The Bertz CT molecular complexity index is 830. The molecule has 1 heterocycles. The second-order valence-corrected chi connectivity index (χ2v) is 6.65. The average molecular weight is 436 g/mol. The van der Waals surface area contributed by atoms with E-state index < -0.39 is 12.1 Å². The number of nitrogens with one attached hydrogen (secondary N) is 2. The number of rotatable bonds is 5. The van der Waals surface area contributed by atoms with Crippen molar-refractivity contribution in [2.24, 2.45) is 11.7 Å². The summed E-state index contributed by atoms with van der Waals surface area (Å²) in [7, 11) is 0. The molecule has 1 aromatic heterocycles. The van der Waals surface area contributed by atoms with Gasteiger partial charge in [-0.1, -0.05) is 11.6 Å². The smallest absolute Gasteiger partial charge is 0.475 e. The maximum Gasteiger partial charge on any atom is 0.490 e. The van der Waals surface area contributed by atoms with E-state index >= 15 is 0 Å². The van der Waals surface area contributed by atoms with Crippen LogP contribution in [-0.2, 0) is 4.79 Å². The predicted octanol–water partition coefficient (Wildman–Crippen LogP) is 3.80. The van der Waals surface area contributed by atoms with Gasteiger partial charge in [0.05, 0.1) is 6.20 Å². The Morgan fingerprint density at radius 1 is 1.28 bits per heavy atom. The largest absolute Gasteiger partial charge is 0.490 e. The number of benzene rings is 1. The highest BCUT2D eigenvalue weighted by Crippen LogP contribution is 2.29. The first-order valence-corrected chi connectivity index (χ1v) is 8.78. The van der Waals surface area contributed by atoms with Gasteiger partial charge in [0.15, 0.2) is 5.82 Å². The van der Waals surface area contributed by atoms with Crippen molar-refractivity contribution in [3.05, 3.63) is 41.3 Å². The van der Waals surface area contributed by atoms with E-state index in [2.05, 4.69) is 20.6 Å². The molecule has 0 spiro atoms. The van der Waals surface area contributed by atoms with Gasteiger partial charge >= 0.3 is 12.1 Å². The predicted molar refractivity (Wildman–Crippen MR) is 99.6 cm³/mol. The van der Waals surface area contributed by atoms with Crippen molar-refractivity contribution in [2.75, 3.05) is 17.2 Å². The van der Waals surface area contributed by atoms with Crippen molar-refractivity contribution >= 4 is 35.0 Å². The van der Waals surface area contributed by atoms with Gasteiger partial charge in [-0.3, -0.25) is 0 Å². The SMILES string of the molecule is NCC1CC(Nc2ncc(Cl)c(Nc3ccc(F)cc3)n2)C1.O=C(O)C(F)(F)F. The number of hydrogen-bond acceptors (Lipinski definition) is 6. The van der Waals surface area contributed by atoms with Crippen LogP contribution in [0.15, 0.2) is 30.5 Å². The molecule has 1 fully saturated rings. The summed E-state index contributed by atoms with van der Waals surface area (Å²) in [5.74, 6) is -1.45. The first kappa shape index (κ1) is 22.6. The van der Waals surface area contributed by atoms with Crippen LogP contribution in [0.4, 0.5) is 35.0 Å². The third kappa shape index (κ3) is 7.02. The average Bonchev–Trinajstić information content (AvgIpc) is 2.62. The number of nitrogens with zero attached hydrogens (tertiary/aromatic N) is 2. The molecule has 0 atom stereocenters. The molecule has 29 heavy (non-hydrogen) atoms. The van der Waals surface area contributed by atoms with E-state index in [9.17, 15) is 17.6 Å². The zero-order chi connectivity index (χ0) is 21.6. The lowest BCUT2D eigenvalue weighted by Gasteiger charge is -2.34. The first-order chi connectivity index (χ1) is 13.6. The van der Waals surface area contributed by atoms with E-state index in [4.69, 9.17) is 27.2 Å². The van der Waals surface area contributed by atoms with Crippen LogP contribution in [0.5, 0.6) is 0 Å². The summed E-state index contributed by atoms with van der Waals surface area (Å²) in [6.07, 6.45) is -1.48. The summed E-state index contributed by atoms with van der Waals surface area (Å²) in [4.78, 5) is 17.5. The highest BCUT2D eigenvalue weighted by atomic mass is 35.5. The van der Waals surface area contributed by atoms with Crippen LogP contribution in [0.2, 0.25) is 5.02 Å². The number of anilines is 3. The van der Waals surface area contributed by atoms with E-state index in [-0.39, 0.29) is 5.82 Å². The minimum atomic E-state index is -5.08. The van der Waals surface area contributed by atoms with Crippen LogP contribution >= 0.6 is 11.6 Å². The molecule has 0 radical (unpaired) electrons. The molecule has 5 N–H and O–H groups in total. The van der Waals surface area contributed by atoms with Crippen LogP contribution in [-0.4, -0.2) is 39.8 Å². The molecule has 1 saturated carbocycles. The standard InChI is InChI=1S/C15H17ClFN5.C2HF3O2/c16-13-8-19-15(21-12-5-9(6-12)7-18)22-14(13)20-11-3-1-10(17)2-4-11;3-2(4,5)1(6)7/h1-4,8-9,12H,5-7,18H2,(H2,19,20,21,22);(H,6,7). The summed E-state index contributed by atoms with van der Waals surface area (Å²) in [6, 6.07) is 6.35. The molecule has 0 bridgehead atoms. The first-order valence-electron chi connectivity index (χ1n) is 8.40. The van der Waals surface area contributed by atoms with Crippen LogP contribution in [0.25, 0.3) is 0 Å². The van der Waals surface area contributed by atoms with Gasteiger partial charge in [-0.15, -0.1) is 0 Å². The Kier molecular flexibility index (Phi) is 7.57. The summed E-state index contributed by atoms with van der Waals surface area (Å²) in [5, 5.41) is 13.9. The quantitative estimate of drug-likeness (QED) is 0.528. The van der Waals surface area contributed by atoms with Crippen LogP contribution < -0.4 is 16.4 Å². The summed E-state index contributed by atoms with van der Waals surface area (Å²) in [6.45, 7) is 0.719. The second-order valence-electron chi connectivity index (χ2n) is 6.24. The normalized spacial score (nSPS) is 18.1.